The lowest BCUT2D eigenvalue weighted by Crippen LogP contribution is -2.44. The first-order valence-electron chi connectivity index (χ1n) is 10.3. The molecule has 1 atom stereocenters. The number of rotatable bonds is 7. The van der Waals surface area contributed by atoms with Gasteiger partial charge in [0.2, 0.25) is 15.9 Å². The number of halogens is 3. The summed E-state index contributed by atoms with van der Waals surface area (Å²) < 4.78 is 32.2. The van der Waals surface area contributed by atoms with Crippen molar-refractivity contribution in [2.24, 2.45) is 5.92 Å². The van der Waals surface area contributed by atoms with Gasteiger partial charge in [0.25, 0.3) is 0 Å². The Bertz CT molecular complexity index is 1160. The van der Waals surface area contributed by atoms with Crippen molar-refractivity contribution in [3.05, 3.63) is 62.6 Å². The molecule has 1 aliphatic rings. The van der Waals surface area contributed by atoms with E-state index in [2.05, 4.69) is 5.32 Å². The number of carbonyl (C=O) groups excluding carboxylic acids is 2. The minimum atomic E-state index is -3.69. The van der Waals surface area contributed by atoms with Crippen LogP contribution in [0.1, 0.15) is 35.7 Å². The van der Waals surface area contributed by atoms with Crippen molar-refractivity contribution in [3.63, 3.8) is 0 Å². The topological polar surface area (TPSA) is 92.8 Å². The van der Waals surface area contributed by atoms with Gasteiger partial charge in [0.15, 0.2) is 0 Å². The summed E-state index contributed by atoms with van der Waals surface area (Å²) in [5.41, 5.74) is 0.963. The fourth-order valence-corrected chi connectivity index (χ4v) is 5.94. The van der Waals surface area contributed by atoms with Crippen LogP contribution in [0, 0.1) is 5.92 Å². The van der Waals surface area contributed by atoms with Gasteiger partial charge in [-0.25, -0.2) is 17.5 Å². The summed E-state index contributed by atoms with van der Waals surface area (Å²) in [7, 11) is -3.69. The molecule has 0 aliphatic carbocycles. The molecule has 0 bridgehead atoms. The number of carbonyl (C=O) groups is 2. The molecule has 0 saturated carbocycles. The van der Waals surface area contributed by atoms with E-state index in [0.29, 0.717) is 35.7 Å². The molecule has 2 aromatic rings. The van der Waals surface area contributed by atoms with E-state index in [1.807, 2.05) is 0 Å². The number of ether oxygens (including phenoxy) is 1. The number of piperidine rings is 1. The highest BCUT2D eigenvalue weighted by atomic mass is 35.5. The van der Waals surface area contributed by atoms with Crippen molar-refractivity contribution in [1.82, 2.24) is 4.31 Å². The van der Waals surface area contributed by atoms with E-state index in [1.54, 1.807) is 25.1 Å². The Morgan fingerprint density at radius 3 is 2.58 bits per heavy atom. The van der Waals surface area contributed by atoms with Gasteiger partial charge in [0.1, 0.15) is 0 Å². The molecule has 1 heterocycles. The van der Waals surface area contributed by atoms with Crippen LogP contribution in [0.5, 0.6) is 0 Å². The van der Waals surface area contributed by atoms with Crippen LogP contribution in [0.15, 0.2) is 36.4 Å². The van der Waals surface area contributed by atoms with Gasteiger partial charge in [0.05, 0.1) is 28.9 Å². The molecule has 0 spiro atoms. The lowest BCUT2D eigenvalue weighted by atomic mass is 9.98. The van der Waals surface area contributed by atoms with Gasteiger partial charge in [0, 0.05) is 28.8 Å². The second kappa shape index (κ2) is 11.1. The maximum Gasteiger partial charge on any atom is 0.339 e. The number of amides is 1. The molecule has 0 unspecified atom stereocenters. The molecule has 7 nitrogen and oxygen atoms in total. The molecular formula is C22H23Cl3N2O5S. The average molecular weight is 534 g/mol. The van der Waals surface area contributed by atoms with E-state index in [1.165, 1.54) is 22.5 Å². The third-order valence-corrected chi connectivity index (χ3v) is 7.94. The third kappa shape index (κ3) is 6.61. The van der Waals surface area contributed by atoms with Gasteiger partial charge >= 0.3 is 5.97 Å². The number of hydrogen-bond acceptors (Lipinski definition) is 5. The summed E-state index contributed by atoms with van der Waals surface area (Å²) >= 11 is 18.1. The molecule has 178 valence electrons. The second-order valence-corrected chi connectivity index (χ2v) is 10.8. The van der Waals surface area contributed by atoms with Crippen LogP contribution in [0.2, 0.25) is 15.1 Å². The smallest absolute Gasteiger partial charge is 0.339 e. The molecule has 1 saturated heterocycles. The quantitative estimate of drug-likeness (QED) is 0.505. The van der Waals surface area contributed by atoms with E-state index >= 15 is 0 Å². The van der Waals surface area contributed by atoms with E-state index in [0.717, 1.165) is 0 Å². The van der Waals surface area contributed by atoms with E-state index in [4.69, 9.17) is 39.5 Å². The minimum absolute atomic E-state index is 0.0533. The normalized spacial score (nSPS) is 16.9. The van der Waals surface area contributed by atoms with E-state index in [-0.39, 0.29) is 40.4 Å². The number of hydrogen-bond donors (Lipinski definition) is 1. The summed E-state index contributed by atoms with van der Waals surface area (Å²) in [6.07, 6.45) is 1.08. The molecule has 0 aromatic heterocycles. The maximum absolute atomic E-state index is 13.0. The largest absolute Gasteiger partial charge is 0.462 e. The Morgan fingerprint density at radius 2 is 1.88 bits per heavy atom. The summed E-state index contributed by atoms with van der Waals surface area (Å²) in [6.45, 7) is 2.25. The molecule has 1 N–H and O–H groups in total. The van der Waals surface area contributed by atoms with Crippen molar-refractivity contribution >= 4 is 62.4 Å². The standard InChI is InChI=1S/C22H23Cl3N2O5S/c1-2-32-22(29)18-11-17(7-8-19(18)24)26-21(28)14-4-3-9-27(12-14)33(30,31)13-15-5-6-16(23)10-20(15)25/h5-8,10-11,14H,2-4,9,12-13H2,1H3,(H,26,28)/t14-/m0/s1. The summed E-state index contributed by atoms with van der Waals surface area (Å²) in [4.78, 5) is 24.9. The van der Waals surface area contributed by atoms with Gasteiger partial charge in [-0.05, 0) is 55.7 Å². The first kappa shape index (κ1) is 25.8. The second-order valence-electron chi connectivity index (χ2n) is 7.59. The lowest BCUT2D eigenvalue weighted by molar-refractivity contribution is -0.120. The Morgan fingerprint density at radius 1 is 1.12 bits per heavy atom. The summed E-state index contributed by atoms with van der Waals surface area (Å²) in [5.74, 6) is -1.75. The van der Waals surface area contributed by atoms with Gasteiger partial charge in [-0.3, -0.25) is 4.79 Å². The third-order valence-electron chi connectivity index (χ3n) is 5.23. The Balaban J connectivity index is 1.69. The van der Waals surface area contributed by atoms with Crippen LogP contribution in [0.4, 0.5) is 5.69 Å². The Hall–Kier alpha value is -1.84. The maximum atomic E-state index is 13.0. The highest BCUT2D eigenvalue weighted by molar-refractivity contribution is 7.88. The molecule has 33 heavy (non-hydrogen) atoms. The molecular weight excluding hydrogens is 511 g/mol. The van der Waals surface area contributed by atoms with Crippen molar-refractivity contribution in [3.8, 4) is 0 Å². The molecule has 3 rings (SSSR count). The van der Waals surface area contributed by atoms with E-state index in [9.17, 15) is 18.0 Å². The van der Waals surface area contributed by atoms with Gasteiger partial charge in [-0.2, -0.15) is 0 Å². The fraction of sp³-hybridized carbons (Fsp3) is 0.364. The first-order chi connectivity index (χ1) is 15.6. The molecule has 2 aromatic carbocycles. The van der Waals surface area contributed by atoms with E-state index < -0.39 is 21.9 Å². The summed E-state index contributed by atoms with van der Waals surface area (Å²) in [5, 5.41) is 3.66. The summed E-state index contributed by atoms with van der Waals surface area (Å²) in [6, 6.07) is 9.17. The van der Waals surface area contributed by atoms with Crippen molar-refractivity contribution in [2.75, 3.05) is 25.0 Å². The van der Waals surface area contributed by atoms with Gasteiger partial charge < -0.3 is 10.1 Å². The fourth-order valence-electron chi connectivity index (χ4n) is 3.55. The molecule has 1 aliphatic heterocycles. The van der Waals surface area contributed by atoms with Crippen molar-refractivity contribution in [2.45, 2.75) is 25.5 Å². The minimum Gasteiger partial charge on any atom is -0.462 e. The number of sulfonamides is 1. The zero-order valence-corrected chi connectivity index (χ0v) is 20.9. The highest BCUT2D eigenvalue weighted by Crippen LogP contribution is 2.27. The van der Waals surface area contributed by atoms with Gasteiger partial charge in [-0.1, -0.05) is 40.9 Å². The lowest BCUT2D eigenvalue weighted by Gasteiger charge is -2.31. The molecule has 1 amide bonds. The zero-order chi connectivity index (χ0) is 24.2. The average Bonchev–Trinajstić information content (AvgIpc) is 2.77. The number of esters is 1. The monoisotopic (exact) mass is 532 g/mol. The molecule has 1 fully saturated rings. The SMILES string of the molecule is CCOC(=O)c1cc(NC(=O)[C@H]2CCCN(S(=O)(=O)Cc3ccc(Cl)cc3Cl)C2)ccc1Cl. The van der Waals surface area contributed by atoms with Gasteiger partial charge in [-0.15, -0.1) is 0 Å². The number of benzene rings is 2. The van der Waals surface area contributed by atoms with Crippen LogP contribution >= 0.6 is 34.8 Å². The van der Waals surface area contributed by atoms with Crippen LogP contribution in [-0.4, -0.2) is 44.3 Å². The van der Waals surface area contributed by atoms with Crippen LogP contribution in [-0.2, 0) is 25.3 Å². The van der Waals surface area contributed by atoms with Crippen LogP contribution in [0.3, 0.4) is 0 Å². The van der Waals surface area contributed by atoms with Crippen LogP contribution < -0.4 is 5.32 Å². The predicted molar refractivity (Wildman–Crippen MR) is 129 cm³/mol. The highest BCUT2D eigenvalue weighted by Gasteiger charge is 2.33. The molecule has 0 radical (unpaired) electrons. The zero-order valence-electron chi connectivity index (χ0n) is 17.8. The number of nitrogens with zero attached hydrogens (tertiary/aromatic N) is 1. The van der Waals surface area contributed by atoms with Crippen molar-refractivity contribution < 1.29 is 22.7 Å². The Labute approximate surface area is 208 Å². The molecule has 11 heteroatoms. The van der Waals surface area contributed by atoms with Crippen molar-refractivity contribution in [1.29, 1.82) is 0 Å². The number of anilines is 1. The van der Waals surface area contributed by atoms with Crippen LogP contribution in [0.25, 0.3) is 0 Å². The number of nitrogens with one attached hydrogen (secondary N) is 1. The first-order valence-corrected chi connectivity index (χ1v) is 13.0. The predicted octanol–water partition coefficient (Wildman–Crippen LogP) is 5.00. The Kier molecular flexibility index (Phi) is 8.64.